The van der Waals surface area contributed by atoms with E-state index < -0.39 is 10.0 Å². The molecule has 0 amide bonds. The van der Waals surface area contributed by atoms with Gasteiger partial charge in [-0.1, -0.05) is 19.1 Å². The summed E-state index contributed by atoms with van der Waals surface area (Å²) in [7, 11) is -3.33. The third-order valence-corrected chi connectivity index (χ3v) is 5.63. The maximum atomic E-state index is 12.5. The first-order valence-electron chi connectivity index (χ1n) is 6.69. The smallest absolute Gasteiger partial charge is 0.207 e. The summed E-state index contributed by atoms with van der Waals surface area (Å²) in [5.74, 6) is 0.995. The molecule has 1 unspecified atom stereocenters. The molecule has 0 aliphatic carbocycles. The van der Waals surface area contributed by atoms with E-state index in [0.29, 0.717) is 29.8 Å². The highest BCUT2D eigenvalue weighted by Crippen LogP contribution is 2.23. The van der Waals surface area contributed by atoms with Gasteiger partial charge in [0.25, 0.3) is 0 Å². The zero-order valence-electron chi connectivity index (χ0n) is 11.2. The second-order valence-corrected chi connectivity index (χ2v) is 7.51. The number of rotatable bonds is 4. The Morgan fingerprint density at radius 2 is 2.00 bits per heavy atom. The summed E-state index contributed by atoms with van der Waals surface area (Å²) in [4.78, 5) is 0.389. The van der Waals surface area contributed by atoms with Crippen molar-refractivity contribution in [2.75, 3.05) is 19.0 Å². The standard InChI is InChI=1S/C14H20ClNO2S/c1-12-3-2-10-16(11-12)19(17,18)14-6-4-13(5-7-14)8-9-15/h4-7,12H,2-3,8-11H2,1H3. The molecule has 0 bridgehead atoms. The molecule has 1 heterocycles. The molecule has 106 valence electrons. The van der Waals surface area contributed by atoms with Crippen molar-refractivity contribution in [1.82, 2.24) is 4.31 Å². The Morgan fingerprint density at radius 1 is 1.32 bits per heavy atom. The molecule has 0 aromatic heterocycles. The fourth-order valence-electron chi connectivity index (χ4n) is 2.45. The largest absolute Gasteiger partial charge is 0.243 e. The molecule has 1 saturated heterocycles. The lowest BCUT2D eigenvalue weighted by Crippen LogP contribution is -2.39. The van der Waals surface area contributed by atoms with Crippen LogP contribution in [-0.4, -0.2) is 31.7 Å². The summed E-state index contributed by atoms with van der Waals surface area (Å²) in [6.07, 6.45) is 2.83. The maximum absolute atomic E-state index is 12.5. The number of piperidine rings is 1. The first-order valence-corrected chi connectivity index (χ1v) is 8.66. The van der Waals surface area contributed by atoms with E-state index in [1.54, 1.807) is 16.4 Å². The van der Waals surface area contributed by atoms with Crippen LogP contribution in [0.25, 0.3) is 0 Å². The van der Waals surface area contributed by atoms with Gasteiger partial charge in [0.15, 0.2) is 0 Å². The fourth-order valence-corrected chi connectivity index (χ4v) is 4.27. The Balaban J connectivity index is 2.18. The molecule has 5 heteroatoms. The molecular weight excluding hydrogens is 282 g/mol. The molecule has 1 aromatic carbocycles. The predicted molar refractivity (Wildman–Crippen MR) is 78.0 cm³/mol. The van der Waals surface area contributed by atoms with E-state index in [1.807, 2.05) is 12.1 Å². The van der Waals surface area contributed by atoms with Crippen LogP contribution < -0.4 is 0 Å². The minimum Gasteiger partial charge on any atom is -0.207 e. The highest BCUT2D eigenvalue weighted by Gasteiger charge is 2.28. The van der Waals surface area contributed by atoms with Crippen molar-refractivity contribution >= 4 is 21.6 Å². The van der Waals surface area contributed by atoms with Gasteiger partial charge < -0.3 is 0 Å². The number of alkyl halides is 1. The van der Waals surface area contributed by atoms with Crippen molar-refractivity contribution < 1.29 is 8.42 Å². The van der Waals surface area contributed by atoms with Crippen LogP contribution in [0.2, 0.25) is 0 Å². The van der Waals surface area contributed by atoms with Crippen LogP contribution in [0.3, 0.4) is 0 Å². The first kappa shape index (κ1) is 14.8. The van der Waals surface area contributed by atoms with Gasteiger partial charge in [-0.15, -0.1) is 11.6 Å². The Kier molecular flexibility index (Phi) is 4.87. The van der Waals surface area contributed by atoms with Gasteiger partial charge in [0.1, 0.15) is 0 Å². The van der Waals surface area contributed by atoms with Crippen LogP contribution >= 0.6 is 11.6 Å². The van der Waals surface area contributed by atoms with Gasteiger partial charge in [0, 0.05) is 19.0 Å². The molecule has 0 radical (unpaired) electrons. The number of hydrogen-bond acceptors (Lipinski definition) is 2. The summed E-state index contributed by atoms with van der Waals surface area (Å²) in [6.45, 7) is 3.37. The number of aryl methyl sites for hydroxylation is 1. The highest BCUT2D eigenvalue weighted by atomic mass is 35.5. The molecule has 1 aromatic rings. The minimum atomic E-state index is -3.33. The quantitative estimate of drug-likeness (QED) is 0.802. The monoisotopic (exact) mass is 301 g/mol. The SMILES string of the molecule is CC1CCCN(S(=O)(=O)c2ccc(CCCl)cc2)C1. The van der Waals surface area contributed by atoms with E-state index in [9.17, 15) is 8.42 Å². The Bertz CT molecular complexity index is 513. The van der Waals surface area contributed by atoms with E-state index >= 15 is 0 Å². The zero-order chi connectivity index (χ0) is 13.9. The van der Waals surface area contributed by atoms with Crippen LogP contribution in [0.15, 0.2) is 29.2 Å². The Morgan fingerprint density at radius 3 is 2.58 bits per heavy atom. The lowest BCUT2D eigenvalue weighted by molar-refractivity contribution is 0.281. The molecule has 1 fully saturated rings. The molecule has 1 atom stereocenters. The van der Waals surface area contributed by atoms with Crippen LogP contribution in [0.5, 0.6) is 0 Å². The summed E-state index contributed by atoms with van der Waals surface area (Å²) < 4.78 is 26.6. The maximum Gasteiger partial charge on any atom is 0.243 e. The van der Waals surface area contributed by atoms with Gasteiger partial charge >= 0.3 is 0 Å². The van der Waals surface area contributed by atoms with Crippen LogP contribution in [0, 0.1) is 5.92 Å². The van der Waals surface area contributed by atoms with E-state index in [-0.39, 0.29) is 0 Å². The van der Waals surface area contributed by atoms with Gasteiger partial charge in [0.05, 0.1) is 4.90 Å². The van der Waals surface area contributed by atoms with Crippen LogP contribution in [0.1, 0.15) is 25.3 Å². The van der Waals surface area contributed by atoms with Crippen molar-refractivity contribution in [1.29, 1.82) is 0 Å². The van der Waals surface area contributed by atoms with Crippen molar-refractivity contribution in [3.63, 3.8) is 0 Å². The number of hydrogen-bond donors (Lipinski definition) is 0. The number of nitrogens with zero attached hydrogens (tertiary/aromatic N) is 1. The average Bonchev–Trinajstić information content (AvgIpc) is 2.40. The normalized spacial score (nSPS) is 21.5. The van der Waals surface area contributed by atoms with Crippen molar-refractivity contribution in [2.45, 2.75) is 31.1 Å². The number of sulfonamides is 1. The molecular formula is C14H20ClNO2S. The first-order chi connectivity index (χ1) is 9.04. The molecule has 1 aliphatic heterocycles. The van der Waals surface area contributed by atoms with Gasteiger partial charge in [-0.3, -0.25) is 0 Å². The molecule has 19 heavy (non-hydrogen) atoms. The molecule has 2 rings (SSSR count). The molecule has 3 nitrogen and oxygen atoms in total. The van der Waals surface area contributed by atoms with E-state index in [0.717, 1.165) is 24.8 Å². The van der Waals surface area contributed by atoms with Gasteiger partial charge in [0.2, 0.25) is 10.0 Å². The van der Waals surface area contributed by atoms with Gasteiger partial charge in [-0.2, -0.15) is 4.31 Å². The van der Waals surface area contributed by atoms with E-state index in [4.69, 9.17) is 11.6 Å². The van der Waals surface area contributed by atoms with E-state index in [1.165, 1.54) is 0 Å². The van der Waals surface area contributed by atoms with Crippen molar-refractivity contribution in [2.24, 2.45) is 5.92 Å². The third-order valence-electron chi connectivity index (χ3n) is 3.56. The molecule has 0 N–H and O–H groups in total. The summed E-state index contributed by atoms with van der Waals surface area (Å²) >= 11 is 5.68. The molecule has 1 aliphatic rings. The summed E-state index contributed by atoms with van der Waals surface area (Å²) in [5, 5.41) is 0. The lowest BCUT2D eigenvalue weighted by Gasteiger charge is -2.30. The van der Waals surface area contributed by atoms with Gasteiger partial charge in [-0.25, -0.2) is 8.42 Å². The van der Waals surface area contributed by atoms with Crippen LogP contribution in [0.4, 0.5) is 0 Å². The Labute approximate surface area is 120 Å². The lowest BCUT2D eigenvalue weighted by atomic mass is 10.0. The molecule has 0 saturated carbocycles. The van der Waals surface area contributed by atoms with Crippen molar-refractivity contribution in [3.05, 3.63) is 29.8 Å². The van der Waals surface area contributed by atoms with E-state index in [2.05, 4.69) is 6.92 Å². The number of benzene rings is 1. The van der Waals surface area contributed by atoms with Gasteiger partial charge in [-0.05, 0) is 42.9 Å². The second-order valence-electron chi connectivity index (χ2n) is 5.19. The minimum absolute atomic E-state index is 0.389. The Hall–Kier alpha value is -0.580. The van der Waals surface area contributed by atoms with Crippen molar-refractivity contribution in [3.8, 4) is 0 Å². The average molecular weight is 302 g/mol. The third kappa shape index (κ3) is 3.50. The van der Waals surface area contributed by atoms with Crippen LogP contribution in [-0.2, 0) is 16.4 Å². The molecule has 0 spiro atoms. The zero-order valence-corrected chi connectivity index (χ0v) is 12.8. The summed E-state index contributed by atoms with van der Waals surface area (Å²) in [6, 6.07) is 7.08. The predicted octanol–water partition coefficient (Wildman–Crippen LogP) is 2.89. The number of halogens is 1. The fraction of sp³-hybridized carbons (Fsp3) is 0.571. The summed E-state index contributed by atoms with van der Waals surface area (Å²) in [5.41, 5.74) is 1.07. The topological polar surface area (TPSA) is 37.4 Å². The second kappa shape index (κ2) is 6.25. The highest BCUT2D eigenvalue weighted by molar-refractivity contribution is 7.89.